The summed E-state index contributed by atoms with van der Waals surface area (Å²) < 4.78 is -1.34. The Hall–Kier alpha value is 0.340. The summed E-state index contributed by atoms with van der Waals surface area (Å²) >= 11 is 17.4. The van der Waals surface area contributed by atoms with Crippen molar-refractivity contribution in [2.45, 2.75) is 17.3 Å². The van der Waals surface area contributed by atoms with Gasteiger partial charge in [-0.3, -0.25) is 4.79 Å². The molecule has 0 aliphatic carbocycles. The summed E-state index contributed by atoms with van der Waals surface area (Å²) in [5.41, 5.74) is 0. The molecule has 1 amide bonds. The van der Waals surface area contributed by atoms with Gasteiger partial charge in [0.1, 0.15) is 0 Å². The molecule has 0 aromatic heterocycles. The van der Waals surface area contributed by atoms with Crippen LogP contribution in [0.4, 0.5) is 0 Å². The zero-order chi connectivity index (χ0) is 9.52. The fourth-order valence-electron chi connectivity index (χ4n) is 1.38. The number of carbonyl (C=O) groups is 1. The first-order valence-electron chi connectivity index (χ1n) is 3.64. The third-order valence-corrected chi connectivity index (χ3v) is 3.65. The second-order valence-electron chi connectivity index (χ2n) is 3.04. The highest BCUT2D eigenvalue weighted by atomic mass is 35.5. The van der Waals surface area contributed by atoms with Crippen molar-refractivity contribution < 1.29 is 4.79 Å². The summed E-state index contributed by atoms with van der Waals surface area (Å²) in [6.07, 6.45) is 0. The Bertz CT molecular complexity index is 207. The Morgan fingerprint density at radius 1 is 1.58 bits per heavy atom. The second-order valence-corrected chi connectivity index (χ2v) is 4.73. The van der Waals surface area contributed by atoms with Crippen molar-refractivity contribution in [2.24, 2.45) is 5.92 Å². The molecule has 2 atom stereocenters. The van der Waals surface area contributed by atoms with Crippen molar-refractivity contribution >= 4 is 40.7 Å². The molecule has 1 rings (SSSR count). The molecule has 1 saturated heterocycles. The molecular weight excluding hydrogens is 220 g/mol. The van der Waals surface area contributed by atoms with E-state index in [9.17, 15) is 4.79 Å². The Kier molecular flexibility index (Phi) is 2.81. The summed E-state index contributed by atoms with van der Waals surface area (Å²) in [4.78, 5) is 12.9. The van der Waals surface area contributed by atoms with Crippen LogP contribution in [0.3, 0.4) is 0 Å². The molecule has 1 heterocycles. The molecule has 0 unspecified atom stereocenters. The van der Waals surface area contributed by atoms with Crippen molar-refractivity contribution in [1.29, 1.82) is 0 Å². The van der Waals surface area contributed by atoms with Crippen LogP contribution >= 0.6 is 34.8 Å². The Morgan fingerprint density at radius 2 is 2.08 bits per heavy atom. The SMILES string of the molecule is C[C@H]1[C@H](CCl)C(Cl)(Cl)C(=O)N1C. The van der Waals surface area contributed by atoms with Gasteiger partial charge in [0.2, 0.25) is 4.33 Å². The molecule has 1 aliphatic rings. The maximum absolute atomic E-state index is 11.4. The van der Waals surface area contributed by atoms with E-state index in [-0.39, 0.29) is 17.9 Å². The summed E-state index contributed by atoms with van der Waals surface area (Å²) in [7, 11) is 1.68. The van der Waals surface area contributed by atoms with Crippen LogP contribution in [0.25, 0.3) is 0 Å². The van der Waals surface area contributed by atoms with Gasteiger partial charge in [-0.25, -0.2) is 0 Å². The molecule has 0 aromatic carbocycles. The quantitative estimate of drug-likeness (QED) is 0.630. The minimum atomic E-state index is -1.34. The molecule has 1 aliphatic heterocycles. The van der Waals surface area contributed by atoms with Crippen molar-refractivity contribution in [3.63, 3.8) is 0 Å². The van der Waals surface area contributed by atoms with Gasteiger partial charge in [0, 0.05) is 24.9 Å². The van der Waals surface area contributed by atoms with Crippen LogP contribution in [0.1, 0.15) is 6.92 Å². The van der Waals surface area contributed by atoms with Crippen LogP contribution in [-0.2, 0) is 4.79 Å². The van der Waals surface area contributed by atoms with E-state index in [4.69, 9.17) is 34.8 Å². The molecule has 0 saturated carbocycles. The lowest BCUT2D eigenvalue weighted by atomic mass is 10.0. The second kappa shape index (κ2) is 3.24. The van der Waals surface area contributed by atoms with Crippen LogP contribution in [-0.4, -0.2) is 34.1 Å². The van der Waals surface area contributed by atoms with Crippen LogP contribution < -0.4 is 0 Å². The van der Waals surface area contributed by atoms with E-state index in [0.717, 1.165) is 0 Å². The van der Waals surface area contributed by atoms with Gasteiger partial charge >= 0.3 is 0 Å². The zero-order valence-corrected chi connectivity index (χ0v) is 9.12. The predicted molar refractivity (Wildman–Crippen MR) is 50.9 cm³/mol. The number of hydrogen-bond donors (Lipinski definition) is 0. The first-order valence-corrected chi connectivity index (χ1v) is 4.93. The Morgan fingerprint density at radius 3 is 2.25 bits per heavy atom. The van der Waals surface area contributed by atoms with Crippen LogP contribution in [0.15, 0.2) is 0 Å². The lowest BCUT2D eigenvalue weighted by molar-refractivity contribution is -0.128. The van der Waals surface area contributed by atoms with E-state index in [1.54, 1.807) is 7.05 Å². The summed E-state index contributed by atoms with van der Waals surface area (Å²) in [6, 6.07) is 0.00463. The van der Waals surface area contributed by atoms with Crippen molar-refractivity contribution in [2.75, 3.05) is 12.9 Å². The molecule has 0 aromatic rings. The molecule has 0 radical (unpaired) electrons. The molecule has 0 spiro atoms. The first kappa shape index (κ1) is 10.4. The minimum Gasteiger partial charge on any atom is -0.340 e. The number of amides is 1. The molecule has 0 bridgehead atoms. The van der Waals surface area contributed by atoms with Gasteiger partial charge in [-0.15, -0.1) is 11.6 Å². The summed E-state index contributed by atoms with van der Waals surface area (Å²) in [5.74, 6) is -0.159. The van der Waals surface area contributed by atoms with Gasteiger partial charge in [0.15, 0.2) is 0 Å². The summed E-state index contributed by atoms with van der Waals surface area (Å²) in [5, 5.41) is 0. The fourth-order valence-corrected chi connectivity index (χ4v) is 2.81. The number of likely N-dealkylation sites (tertiary alicyclic amines) is 1. The minimum absolute atomic E-state index is 0.00463. The molecule has 0 N–H and O–H groups in total. The molecule has 5 heteroatoms. The van der Waals surface area contributed by atoms with Crippen LogP contribution in [0.2, 0.25) is 0 Å². The van der Waals surface area contributed by atoms with E-state index in [0.29, 0.717) is 5.88 Å². The van der Waals surface area contributed by atoms with Crippen molar-refractivity contribution in [1.82, 2.24) is 4.90 Å². The lowest BCUT2D eigenvalue weighted by Gasteiger charge is -2.19. The first-order chi connectivity index (χ1) is 5.42. The Balaban J connectivity index is 2.96. The van der Waals surface area contributed by atoms with E-state index in [1.165, 1.54) is 4.90 Å². The number of hydrogen-bond acceptors (Lipinski definition) is 1. The molecule has 70 valence electrons. The van der Waals surface area contributed by atoms with Gasteiger partial charge in [-0.2, -0.15) is 0 Å². The maximum Gasteiger partial charge on any atom is 0.259 e. The molecule has 1 fully saturated rings. The predicted octanol–water partition coefficient (Wildman–Crippen LogP) is 1.88. The number of nitrogens with zero attached hydrogens (tertiary/aromatic N) is 1. The fraction of sp³-hybridized carbons (Fsp3) is 0.857. The van der Waals surface area contributed by atoms with E-state index < -0.39 is 4.33 Å². The third-order valence-electron chi connectivity index (χ3n) is 2.43. The van der Waals surface area contributed by atoms with E-state index in [1.807, 2.05) is 6.92 Å². The Labute approximate surface area is 86.8 Å². The number of halogens is 3. The van der Waals surface area contributed by atoms with E-state index in [2.05, 4.69) is 0 Å². The number of rotatable bonds is 1. The standard InChI is InChI=1S/C7H10Cl3NO/c1-4-5(3-8)7(9,10)6(12)11(4)2/h4-5H,3H2,1-2H3/t4-,5-/m0/s1. The molecule has 2 nitrogen and oxygen atoms in total. The normalized spacial score (nSPS) is 34.4. The average Bonchev–Trinajstić information content (AvgIpc) is 2.13. The monoisotopic (exact) mass is 229 g/mol. The van der Waals surface area contributed by atoms with Crippen molar-refractivity contribution in [3.8, 4) is 0 Å². The van der Waals surface area contributed by atoms with Crippen LogP contribution in [0, 0.1) is 5.92 Å². The summed E-state index contributed by atoms with van der Waals surface area (Å²) in [6.45, 7) is 1.89. The van der Waals surface area contributed by atoms with Gasteiger partial charge in [-0.1, -0.05) is 23.2 Å². The molecule has 12 heavy (non-hydrogen) atoms. The van der Waals surface area contributed by atoms with Crippen LogP contribution in [0.5, 0.6) is 0 Å². The highest BCUT2D eigenvalue weighted by Crippen LogP contribution is 2.42. The lowest BCUT2D eigenvalue weighted by Crippen LogP contribution is -2.31. The zero-order valence-electron chi connectivity index (χ0n) is 6.85. The average molecular weight is 231 g/mol. The van der Waals surface area contributed by atoms with Gasteiger partial charge in [-0.05, 0) is 6.92 Å². The smallest absolute Gasteiger partial charge is 0.259 e. The van der Waals surface area contributed by atoms with Gasteiger partial charge in [0.25, 0.3) is 5.91 Å². The molecular formula is C7H10Cl3NO. The number of alkyl halides is 3. The highest BCUT2D eigenvalue weighted by Gasteiger charge is 2.54. The van der Waals surface area contributed by atoms with Crippen molar-refractivity contribution in [3.05, 3.63) is 0 Å². The van der Waals surface area contributed by atoms with E-state index >= 15 is 0 Å². The van der Waals surface area contributed by atoms with Gasteiger partial charge in [0.05, 0.1) is 0 Å². The van der Waals surface area contributed by atoms with Gasteiger partial charge < -0.3 is 4.90 Å². The third kappa shape index (κ3) is 1.30. The largest absolute Gasteiger partial charge is 0.340 e. The number of carbonyl (C=O) groups excluding carboxylic acids is 1. The maximum atomic E-state index is 11.4. The topological polar surface area (TPSA) is 20.3 Å². The highest BCUT2D eigenvalue weighted by molar-refractivity contribution is 6.59.